The second kappa shape index (κ2) is 5.04. The summed E-state index contributed by atoms with van der Waals surface area (Å²) in [6, 6.07) is 0. The molecule has 39 valence electrons. The number of ether oxygens (including phenoxy) is 1. The van der Waals surface area contributed by atoms with Gasteiger partial charge in [0.1, 0.15) is 0 Å². The zero-order valence-corrected chi connectivity index (χ0v) is 10.6. The Labute approximate surface area is 61.4 Å². The van der Waals surface area contributed by atoms with Crippen LogP contribution in [0.1, 0.15) is 20.3 Å². The molecule has 0 amide bonds. The van der Waals surface area contributed by atoms with Crippen molar-refractivity contribution in [3.05, 3.63) is 0 Å². The fourth-order valence-electron chi connectivity index (χ4n) is 0.354. The van der Waals surface area contributed by atoms with Crippen LogP contribution >= 0.6 is 0 Å². The van der Waals surface area contributed by atoms with Gasteiger partial charge in [0.15, 0.2) is 0 Å². The monoisotopic (exact) mass is 289 g/mol. The van der Waals surface area contributed by atoms with Crippen LogP contribution in [0.2, 0.25) is 0 Å². The molecule has 0 aliphatic carbocycles. The van der Waals surface area contributed by atoms with Crippen molar-refractivity contribution in [1.82, 2.24) is 0 Å². The first-order valence-corrected chi connectivity index (χ1v) is 5.93. The SMILES string of the molecule is CCO[CH]([Hg])CC. The summed E-state index contributed by atoms with van der Waals surface area (Å²) in [5, 5.41) is 0. The van der Waals surface area contributed by atoms with Gasteiger partial charge in [-0.25, -0.2) is 0 Å². The topological polar surface area (TPSA) is 9.23 Å². The van der Waals surface area contributed by atoms with Crippen molar-refractivity contribution in [2.45, 2.75) is 23.9 Å². The van der Waals surface area contributed by atoms with Crippen LogP contribution in [-0.4, -0.2) is 10.2 Å². The van der Waals surface area contributed by atoms with Gasteiger partial charge in [0.25, 0.3) is 0 Å². The Bertz CT molecular complexity index is 39.1. The molecule has 0 aliphatic heterocycles. The van der Waals surface area contributed by atoms with Crippen molar-refractivity contribution >= 4 is 0 Å². The van der Waals surface area contributed by atoms with Crippen LogP contribution in [0.25, 0.3) is 0 Å². The van der Waals surface area contributed by atoms with Gasteiger partial charge in [-0.1, -0.05) is 0 Å². The fraction of sp³-hybridized carbons (Fsp3) is 1.00. The van der Waals surface area contributed by atoms with E-state index in [0.717, 1.165) is 32.7 Å². The summed E-state index contributed by atoms with van der Waals surface area (Å²) < 4.78 is 5.92. The van der Waals surface area contributed by atoms with Gasteiger partial charge < -0.3 is 0 Å². The predicted molar refractivity (Wildman–Crippen MR) is 25.7 cm³/mol. The molecule has 1 unspecified atom stereocenters. The summed E-state index contributed by atoms with van der Waals surface area (Å²) in [4.78, 5) is 0. The average Bonchev–Trinajstić information content (AvgIpc) is 1.68. The third-order valence-corrected chi connectivity index (χ3v) is 4.02. The Morgan fingerprint density at radius 3 is 2.29 bits per heavy atom. The molecule has 1 nitrogen and oxygen atoms in total. The number of hydrogen-bond acceptors (Lipinski definition) is 1. The molecule has 2 heteroatoms. The number of rotatable bonds is 3. The molecule has 0 N–H and O–H groups in total. The van der Waals surface area contributed by atoms with E-state index >= 15 is 0 Å². The van der Waals surface area contributed by atoms with E-state index < -0.39 is 0 Å². The summed E-state index contributed by atoms with van der Waals surface area (Å²) in [6.45, 7) is 5.12. The van der Waals surface area contributed by atoms with E-state index in [1.54, 1.807) is 0 Å². The van der Waals surface area contributed by atoms with Crippen LogP contribution in [0.15, 0.2) is 0 Å². The molecule has 7 heavy (non-hydrogen) atoms. The van der Waals surface area contributed by atoms with Crippen LogP contribution in [0, 0.1) is 0 Å². The van der Waals surface area contributed by atoms with Crippen LogP contribution in [0.3, 0.4) is 0 Å². The Kier molecular flexibility index (Phi) is 5.68. The third-order valence-electron chi connectivity index (χ3n) is 0.858. The number of hydrogen-bond donors (Lipinski definition) is 0. The summed E-state index contributed by atoms with van der Waals surface area (Å²) >= 11 is 0.813. The molecule has 0 aromatic heterocycles. The molecule has 0 aliphatic rings. The standard InChI is InChI=1S/C5H11O.Hg/c1-3-5-6-4-2;/h5H,3-4H2,1-2H3;. The first kappa shape index (κ1) is 7.90. The Hall–Kier alpha value is 0.895. The van der Waals surface area contributed by atoms with Crippen molar-refractivity contribution in [2.24, 2.45) is 0 Å². The Morgan fingerprint density at radius 2 is 2.14 bits per heavy atom. The molecule has 0 fully saturated rings. The molecule has 0 saturated heterocycles. The van der Waals surface area contributed by atoms with Crippen LogP contribution in [0.4, 0.5) is 0 Å². The van der Waals surface area contributed by atoms with E-state index in [4.69, 9.17) is 4.74 Å². The average molecular weight is 288 g/mol. The van der Waals surface area contributed by atoms with Crippen LogP contribution in [0.5, 0.6) is 0 Å². The molecular formula is C5H11HgO. The predicted octanol–water partition coefficient (Wildman–Crippen LogP) is 1.31. The van der Waals surface area contributed by atoms with E-state index in [0.29, 0.717) is 3.61 Å². The first-order valence-electron chi connectivity index (χ1n) is 2.76. The van der Waals surface area contributed by atoms with Crippen molar-refractivity contribution in [2.75, 3.05) is 6.61 Å². The quantitative estimate of drug-likeness (QED) is 0.711. The van der Waals surface area contributed by atoms with Gasteiger partial charge in [-0.3, -0.25) is 0 Å². The summed E-state index contributed by atoms with van der Waals surface area (Å²) in [5.41, 5.74) is 0. The van der Waals surface area contributed by atoms with Crippen molar-refractivity contribution < 1.29 is 30.9 Å². The van der Waals surface area contributed by atoms with Crippen LogP contribution in [-0.2, 0) is 30.9 Å². The second-order valence-electron chi connectivity index (χ2n) is 1.49. The van der Waals surface area contributed by atoms with E-state index in [9.17, 15) is 0 Å². The maximum absolute atomic E-state index is 5.28. The van der Waals surface area contributed by atoms with E-state index in [2.05, 4.69) is 13.8 Å². The van der Waals surface area contributed by atoms with E-state index in [1.807, 2.05) is 0 Å². The summed E-state index contributed by atoms with van der Waals surface area (Å²) in [5.74, 6) is 0. The molecule has 0 rings (SSSR count). The van der Waals surface area contributed by atoms with Crippen molar-refractivity contribution in [3.8, 4) is 0 Å². The molecule has 0 heterocycles. The van der Waals surface area contributed by atoms with Crippen molar-refractivity contribution in [1.29, 1.82) is 0 Å². The van der Waals surface area contributed by atoms with Gasteiger partial charge >= 0.3 is 61.3 Å². The zero-order valence-electron chi connectivity index (χ0n) is 5.11. The minimum atomic E-state index is 0.644. The van der Waals surface area contributed by atoms with Gasteiger partial charge in [-0.15, -0.1) is 0 Å². The Morgan fingerprint density at radius 1 is 1.57 bits per heavy atom. The van der Waals surface area contributed by atoms with E-state index in [1.165, 1.54) is 6.42 Å². The first-order chi connectivity index (χ1) is 3.31. The molecule has 0 aromatic rings. The molecule has 0 saturated carbocycles. The zero-order chi connectivity index (χ0) is 5.70. The van der Waals surface area contributed by atoms with Gasteiger partial charge in [0, 0.05) is 0 Å². The Balaban J connectivity index is 2.83. The maximum atomic E-state index is 5.28. The third kappa shape index (κ3) is 4.75. The second-order valence-corrected chi connectivity index (χ2v) is 5.03. The van der Waals surface area contributed by atoms with Gasteiger partial charge in [0.2, 0.25) is 0 Å². The minimum absolute atomic E-state index is 0.644. The van der Waals surface area contributed by atoms with Gasteiger partial charge in [-0.2, -0.15) is 0 Å². The van der Waals surface area contributed by atoms with E-state index in [-0.39, 0.29) is 0 Å². The fourth-order valence-corrected chi connectivity index (χ4v) is 1.27. The van der Waals surface area contributed by atoms with Crippen molar-refractivity contribution in [3.63, 3.8) is 0 Å². The van der Waals surface area contributed by atoms with Crippen LogP contribution < -0.4 is 0 Å². The summed E-state index contributed by atoms with van der Waals surface area (Å²) in [6.07, 6.45) is 1.21. The van der Waals surface area contributed by atoms with Gasteiger partial charge in [0.05, 0.1) is 0 Å². The molecule has 0 radical (unpaired) electrons. The molecular weight excluding hydrogens is 277 g/mol. The van der Waals surface area contributed by atoms with Gasteiger partial charge in [-0.05, 0) is 0 Å². The molecule has 0 spiro atoms. The molecule has 0 bridgehead atoms. The molecule has 1 atom stereocenters. The normalized spacial score (nSPS) is 14.3. The molecule has 0 aromatic carbocycles. The summed E-state index contributed by atoms with van der Waals surface area (Å²) in [7, 11) is 0.